The molecule has 0 spiro atoms. The molecule has 1 fully saturated rings. The van der Waals surface area contributed by atoms with Crippen LogP contribution in [0.4, 0.5) is 0 Å². The lowest BCUT2D eigenvalue weighted by Gasteiger charge is -2.13. The highest BCUT2D eigenvalue weighted by Crippen LogP contribution is 2.33. The van der Waals surface area contributed by atoms with E-state index in [1.165, 1.54) is 24.6 Å². The van der Waals surface area contributed by atoms with E-state index >= 15 is 0 Å². The molecule has 1 aromatic carbocycles. The van der Waals surface area contributed by atoms with Gasteiger partial charge in [0.05, 0.1) is 23.8 Å². The van der Waals surface area contributed by atoms with Crippen molar-refractivity contribution in [3.05, 3.63) is 29.5 Å². The van der Waals surface area contributed by atoms with Gasteiger partial charge in [-0.05, 0) is 44.7 Å². The van der Waals surface area contributed by atoms with Gasteiger partial charge in [-0.2, -0.15) is 0 Å². The smallest absolute Gasteiger partial charge is 0.340 e. The van der Waals surface area contributed by atoms with Gasteiger partial charge in [-0.1, -0.05) is 11.8 Å². The molecule has 0 amide bonds. The van der Waals surface area contributed by atoms with Crippen molar-refractivity contribution in [2.45, 2.75) is 44.5 Å². The minimum atomic E-state index is -0.346. The topological polar surface area (TPSA) is 90.3 Å². The number of fused-ring (bicyclic) bond motifs is 1. The molecule has 1 saturated carbocycles. The highest BCUT2D eigenvalue weighted by atomic mass is 32.2. The Labute approximate surface area is 157 Å². The van der Waals surface area contributed by atoms with Crippen molar-refractivity contribution in [1.82, 2.24) is 4.57 Å². The second-order valence-corrected chi connectivity index (χ2v) is 7.47. The van der Waals surface area contributed by atoms with E-state index in [2.05, 4.69) is 0 Å². The molecule has 3 rings (SSSR count). The Bertz CT molecular complexity index is 825. The van der Waals surface area contributed by atoms with Crippen LogP contribution >= 0.6 is 11.8 Å². The summed E-state index contributed by atoms with van der Waals surface area (Å²) < 4.78 is 13.3. The summed E-state index contributed by atoms with van der Waals surface area (Å²) in [6, 6.07) is 5.83. The lowest BCUT2D eigenvalue weighted by Crippen LogP contribution is -2.10. The second-order valence-electron chi connectivity index (χ2n) is 6.46. The molecule has 0 atom stereocenters. The predicted octanol–water partition coefficient (Wildman–Crippen LogP) is 3.80. The lowest BCUT2D eigenvalue weighted by molar-refractivity contribution is 0.0527. The van der Waals surface area contributed by atoms with Crippen LogP contribution < -0.4 is 10.5 Å². The van der Waals surface area contributed by atoms with Gasteiger partial charge in [-0.25, -0.2) is 4.79 Å². The van der Waals surface area contributed by atoms with E-state index in [-0.39, 0.29) is 17.2 Å². The van der Waals surface area contributed by atoms with E-state index < -0.39 is 0 Å². The van der Waals surface area contributed by atoms with Crippen molar-refractivity contribution in [2.75, 3.05) is 6.61 Å². The number of esters is 1. The second kappa shape index (κ2) is 8.03. The van der Waals surface area contributed by atoms with Gasteiger partial charge in [0.1, 0.15) is 5.75 Å². The molecule has 1 aromatic heterocycles. The number of ether oxygens (including phenoxy) is 2. The summed E-state index contributed by atoms with van der Waals surface area (Å²) in [6.45, 7) is 2.11. The van der Waals surface area contributed by atoms with Crippen LogP contribution in [0.25, 0.3) is 10.9 Å². The number of amidine groups is 1. The number of nitrogens with one attached hydrogen (secondary N) is 1. The zero-order valence-electron chi connectivity index (χ0n) is 15.2. The maximum Gasteiger partial charge on any atom is 0.340 e. The largest absolute Gasteiger partial charge is 0.490 e. The van der Waals surface area contributed by atoms with Gasteiger partial charge < -0.3 is 19.8 Å². The van der Waals surface area contributed by atoms with Crippen molar-refractivity contribution in [3.63, 3.8) is 0 Å². The SMILES string of the molecule is CCOC(=O)c1c(CSC(=N)N)n(C)c2cc(OC3CCCC3)ccc12. The highest BCUT2D eigenvalue weighted by molar-refractivity contribution is 8.13. The molecule has 0 bridgehead atoms. The van der Waals surface area contributed by atoms with Gasteiger partial charge >= 0.3 is 5.97 Å². The first-order chi connectivity index (χ1) is 12.5. The summed E-state index contributed by atoms with van der Waals surface area (Å²) in [5, 5.41) is 8.32. The van der Waals surface area contributed by atoms with E-state index in [4.69, 9.17) is 20.6 Å². The van der Waals surface area contributed by atoms with E-state index in [0.29, 0.717) is 17.9 Å². The standard InChI is InChI=1S/C19H25N3O3S/c1-3-24-18(23)17-14-9-8-13(25-12-6-4-5-7-12)10-15(14)22(2)16(17)11-26-19(20)21/h8-10,12H,3-7,11H2,1-2H3,(H3,20,21). The highest BCUT2D eigenvalue weighted by Gasteiger charge is 2.23. The van der Waals surface area contributed by atoms with E-state index in [0.717, 1.165) is 35.2 Å². The lowest BCUT2D eigenvalue weighted by atomic mass is 10.1. The number of carbonyl (C=O) groups is 1. The van der Waals surface area contributed by atoms with Gasteiger partial charge in [0, 0.05) is 29.9 Å². The average Bonchev–Trinajstić information content (AvgIpc) is 3.20. The maximum atomic E-state index is 12.5. The molecular formula is C19H25N3O3S. The number of hydrogen-bond acceptors (Lipinski definition) is 5. The van der Waals surface area contributed by atoms with Crippen molar-refractivity contribution in [2.24, 2.45) is 12.8 Å². The number of benzene rings is 1. The Morgan fingerprint density at radius 2 is 2.12 bits per heavy atom. The van der Waals surface area contributed by atoms with Gasteiger partial charge in [-0.3, -0.25) is 5.41 Å². The van der Waals surface area contributed by atoms with Crippen molar-refractivity contribution in [3.8, 4) is 5.75 Å². The van der Waals surface area contributed by atoms with E-state index in [1.54, 1.807) is 6.92 Å². The third kappa shape index (κ3) is 3.82. The van der Waals surface area contributed by atoms with Crippen molar-refractivity contribution in [1.29, 1.82) is 5.41 Å². The molecule has 1 heterocycles. The number of carbonyl (C=O) groups excluding carboxylic acids is 1. The first kappa shape index (κ1) is 18.6. The van der Waals surface area contributed by atoms with Crippen LogP contribution in [0.15, 0.2) is 18.2 Å². The summed E-state index contributed by atoms with van der Waals surface area (Å²) in [4.78, 5) is 12.5. The van der Waals surface area contributed by atoms with Crippen LogP contribution in [0.3, 0.4) is 0 Å². The number of aromatic nitrogens is 1. The summed E-state index contributed by atoms with van der Waals surface area (Å²) in [5.41, 5.74) is 7.75. The molecule has 3 N–H and O–H groups in total. The third-order valence-corrected chi connectivity index (χ3v) is 5.47. The number of aryl methyl sites for hydroxylation is 1. The number of rotatable bonds is 6. The fraction of sp³-hybridized carbons (Fsp3) is 0.474. The fourth-order valence-corrected chi connectivity index (χ4v) is 4.12. The molecule has 0 saturated heterocycles. The fourth-order valence-electron chi connectivity index (χ4n) is 3.49. The molecule has 1 aliphatic rings. The third-order valence-electron chi connectivity index (χ3n) is 4.74. The molecule has 1 aliphatic carbocycles. The Kier molecular flexibility index (Phi) is 5.76. The van der Waals surface area contributed by atoms with E-state index in [9.17, 15) is 4.79 Å². The normalized spacial score (nSPS) is 14.7. The summed E-state index contributed by atoms with van der Waals surface area (Å²) in [5.74, 6) is 0.918. The number of nitrogens with zero attached hydrogens (tertiary/aromatic N) is 1. The molecule has 0 radical (unpaired) electrons. The molecule has 0 unspecified atom stereocenters. The predicted molar refractivity (Wildman–Crippen MR) is 105 cm³/mol. The minimum absolute atomic E-state index is 0.0234. The van der Waals surface area contributed by atoms with Crippen LogP contribution in [-0.2, 0) is 17.5 Å². The summed E-state index contributed by atoms with van der Waals surface area (Å²) >= 11 is 1.20. The average molecular weight is 375 g/mol. The monoisotopic (exact) mass is 375 g/mol. The van der Waals surface area contributed by atoms with Crippen LogP contribution in [0.1, 0.15) is 48.7 Å². The van der Waals surface area contributed by atoms with Crippen LogP contribution in [0, 0.1) is 5.41 Å². The zero-order chi connectivity index (χ0) is 18.7. The number of hydrogen-bond donors (Lipinski definition) is 2. The summed E-state index contributed by atoms with van der Waals surface area (Å²) in [6.07, 6.45) is 4.91. The number of nitrogens with two attached hydrogens (primary N) is 1. The van der Waals surface area contributed by atoms with Crippen LogP contribution in [-0.4, -0.2) is 28.4 Å². The molecule has 0 aliphatic heterocycles. The zero-order valence-corrected chi connectivity index (χ0v) is 16.0. The van der Waals surface area contributed by atoms with Crippen molar-refractivity contribution < 1.29 is 14.3 Å². The molecule has 6 nitrogen and oxygen atoms in total. The Hall–Kier alpha value is -2.15. The molecular weight excluding hydrogens is 350 g/mol. The molecule has 7 heteroatoms. The number of thioether (sulfide) groups is 1. The molecule has 26 heavy (non-hydrogen) atoms. The Morgan fingerprint density at radius 1 is 1.38 bits per heavy atom. The van der Waals surface area contributed by atoms with Crippen LogP contribution in [0.5, 0.6) is 5.75 Å². The van der Waals surface area contributed by atoms with Gasteiger partial charge in [-0.15, -0.1) is 0 Å². The quantitative estimate of drug-likeness (QED) is 0.455. The maximum absolute atomic E-state index is 12.5. The molecule has 2 aromatic rings. The molecule has 140 valence electrons. The minimum Gasteiger partial charge on any atom is -0.490 e. The van der Waals surface area contributed by atoms with Crippen molar-refractivity contribution >= 4 is 33.8 Å². The first-order valence-corrected chi connectivity index (χ1v) is 9.91. The Morgan fingerprint density at radius 3 is 2.77 bits per heavy atom. The Balaban J connectivity index is 2.01. The van der Waals surface area contributed by atoms with E-state index in [1.807, 2.05) is 29.8 Å². The van der Waals surface area contributed by atoms with Crippen LogP contribution in [0.2, 0.25) is 0 Å². The van der Waals surface area contributed by atoms with Gasteiger partial charge in [0.2, 0.25) is 0 Å². The van der Waals surface area contributed by atoms with Gasteiger partial charge in [0.15, 0.2) is 5.17 Å². The first-order valence-electron chi connectivity index (χ1n) is 8.93. The van der Waals surface area contributed by atoms with Gasteiger partial charge in [0.25, 0.3) is 0 Å². The summed E-state index contributed by atoms with van der Waals surface area (Å²) in [7, 11) is 1.92.